The fraction of sp³-hybridized carbons (Fsp3) is 0.520. The molecule has 3 heteroatoms. The largest absolute Gasteiger partial charge is 0.396 e. The third-order valence-electron chi connectivity index (χ3n) is 6.23. The van der Waals surface area contributed by atoms with E-state index in [2.05, 4.69) is 67.3 Å². The highest BCUT2D eigenvalue weighted by molar-refractivity contribution is 5.38. The number of likely N-dealkylation sites (tertiary alicyclic amines) is 1. The molecule has 0 aliphatic carbocycles. The Bertz CT molecular complexity index is 670. The number of aliphatic hydroxyl groups is 2. The number of unbranched alkanes of at least 4 members (excludes halogenated alkanes) is 1. The van der Waals surface area contributed by atoms with Gasteiger partial charge in [-0.1, -0.05) is 59.7 Å². The summed E-state index contributed by atoms with van der Waals surface area (Å²) >= 11 is 0. The number of rotatable bonds is 8. The number of hydrogen-bond acceptors (Lipinski definition) is 3. The number of piperidine rings is 1. The average Bonchev–Trinajstić information content (AvgIpc) is 2.70. The van der Waals surface area contributed by atoms with E-state index in [0.717, 1.165) is 62.9 Å². The lowest BCUT2D eigenvalue weighted by Crippen LogP contribution is -2.38. The fourth-order valence-electron chi connectivity index (χ4n) is 4.34. The van der Waals surface area contributed by atoms with E-state index >= 15 is 0 Å². The Balaban J connectivity index is 1.73. The van der Waals surface area contributed by atoms with Crippen molar-refractivity contribution in [3.05, 3.63) is 70.8 Å². The quantitative estimate of drug-likeness (QED) is 0.666. The second kappa shape index (κ2) is 9.69. The van der Waals surface area contributed by atoms with Gasteiger partial charge in [0.2, 0.25) is 0 Å². The van der Waals surface area contributed by atoms with Crippen LogP contribution in [0.4, 0.5) is 0 Å². The van der Waals surface area contributed by atoms with Gasteiger partial charge in [-0.05, 0) is 82.6 Å². The molecule has 3 nitrogen and oxygen atoms in total. The van der Waals surface area contributed by atoms with E-state index in [1.807, 2.05) is 0 Å². The first-order valence-electron chi connectivity index (χ1n) is 10.7. The highest BCUT2D eigenvalue weighted by Crippen LogP contribution is 2.39. The maximum atomic E-state index is 11.9. The van der Waals surface area contributed by atoms with Gasteiger partial charge < -0.3 is 15.1 Å². The zero-order chi connectivity index (χ0) is 20.0. The molecule has 28 heavy (non-hydrogen) atoms. The van der Waals surface area contributed by atoms with E-state index in [-0.39, 0.29) is 6.61 Å². The van der Waals surface area contributed by atoms with E-state index in [1.54, 1.807) is 0 Å². The minimum absolute atomic E-state index is 0.288. The van der Waals surface area contributed by atoms with E-state index in [1.165, 1.54) is 11.1 Å². The van der Waals surface area contributed by atoms with Gasteiger partial charge in [-0.2, -0.15) is 0 Å². The Morgan fingerprint density at radius 3 is 1.82 bits per heavy atom. The Labute approximate surface area is 170 Å². The molecule has 0 bridgehead atoms. The van der Waals surface area contributed by atoms with E-state index < -0.39 is 5.60 Å². The van der Waals surface area contributed by atoms with Crippen LogP contribution in [0.2, 0.25) is 0 Å². The fourth-order valence-corrected chi connectivity index (χ4v) is 4.34. The SMILES string of the molecule is Cc1ccc(C(O)(CC2CCN(CCCCO)CC2)c2ccc(C)cc2)cc1. The Morgan fingerprint density at radius 2 is 1.36 bits per heavy atom. The molecule has 0 aromatic heterocycles. The van der Waals surface area contributed by atoms with Crippen molar-refractivity contribution in [2.45, 2.75) is 51.6 Å². The molecular formula is C25H35NO2. The second-order valence-electron chi connectivity index (χ2n) is 8.51. The first-order valence-corrected chi connectivity index (χ1v) is 10.7. The zero-order valence-corrected chi connectivity index (χ0v) is 17.4. The van der Waals surface area contributed by atoms with Gasteiger partial charge >= 0.3 is 0 Å². The molecule has 1 saturated heterocycles. The van der Waals surface area contributed by atoms with Gasteiger partial charge in [-0.15, -0.1) is 0 Å². The molecule has 0 atom stereocenters. The van der Waals surface area contributed by atoms with Crippen LogP contribution in [0.1, 0.15) is 54.4 Å². The van der Waals surface area contributed by atoms with Crippen molar-refractivity contribution < 1.29 is 10.2 Å². The molecule has 3 rings (SSSR count). The second-order valence-corrected chi connectivity index (χ2v) is 8.51. The molecule has 2 aromatic rings. The van der Waals surface area contributed by atoms with Crippen LogP contribution in [0.3, 0.4) is 0 Å². The first kappa shape index (κ1) is 21.0. The molecule has 1 fully saturated rings. The predicted octanol–water partition coefficient (Wildman–Crippen LogP) is 4.41. The number of benzene rings is 2. The van der Waals surface area contributed by atoms with Crippen molar-refractivity contribution in [3.8, 4) is 0 Å². The van der Waals surface area contributed by atoms with Gasteiger partial charge in [0.25, 0.3) is 0 Å². The Hall–Kier alpha value is -1.68. The monoisotopic (exact) mass is 381 g/mol. The zero-order valence-electron chi connectivity index (χ0n) is 17.4. The van der Waals surface area contributed by atoms with E-state index in [4.69, 9.17) is 5.11 Å². The van der Waals surface area contributed by atoms with Crippen LogP contribution >= 0.6 is 0 Å². The highest BCUT2D eigenvalue weighted by atomic mass is 16.3. The van der Waals surface area contributed by atoms with Gasteiger partial charge in [-0.25, -0.2) is 0 Å². The normalized spacial score (nSPS) is 16.4. The summed E-state index contributed by atoms with van der Waals surface area (Å²) in [7, 11) is 0. The van der Waals surface area contributed by atoms with E-state index in [9.17, 15) is 5.11 Å². The van der Waals surface area contributed by atoms with Gasteiger partial charge in [0.15, 0.2) is 0 Å². The standard InChI is InChI=1S/C25H35NO2/c1-20-5-9-23(10-6-20)25(28,24-11-7-21(2)8-12-24)19-22-13-16-26(17-14-22)15-3-4-18-27/h5-12,22,27-28H,3-4,13-19H2,1-2H3. The lowest BCUT2D eigenvalue weighted by Gasteiger charge is -2.38. The summed E-state index contributed by atoms with van der Waals surface area (Å²) in [6.07, 6.45) is 4.97. The van der Waals surface area contributed by atoms with Crippen molar-refractivity contribution in [2.75, 3.05) is 26.2 Å². The van der Waals surface area contributed by atoms with Crippen LogP contribution in [0.15, 0.2) is 48.5 Å². The third-order valence-corrected chi connectivity index (χ3v) is 6.23. The summed E-state index contributed by atoms with van der Waals surface area (Å²) in [6.45, 7) is 7.72. The van der Waals surface area contributed by atoms with Crippen molar-refractivity contribution >= 4 is 0 Å². The molecule has 2 aromatic carbocycles. The molecule has 0 unspecified atom stereocenters. The summed E-state index contributed by atoms with van der Waals surface area (Å²) in [5.41, 5.74) is 3.47. The minimum atomic E-state index is -0.939. The van der Waals surface area contributed by atoms with Crippen LogP contribution in [-0.2, 0) is 5.60 Å². The molecule has 0 radical (unpaired) electrons. The highest BCUT2D eigenvalue weighted by Gasteiger charge is 2.35. The molecule has 0 saturated carbocycles. The molecule has 1 aliphatic rings. The summed E-state index contributed by atoms with van der Waals surface area (Å²) in [4.78, 5) is 2.50. The van der Waals surface area contributed by atoms with Crippen molar-refractivity contribution in [1.82, 2.24) is 4.90 Å². The number of aryl methyl sites for hydroxylation is 2. The van der Waals surface area contributed by atoms with E-state index in [0.29, 0.717) is 5.92 Å². The van der Waals surface area contributed by atoms with Crippen LogP contribution in [0.25, 0.3) is 0 Å². The molecule has 2 N–H and O–H groups in total. The van der Waals surface area contributed by atoms with Crippen molar-refractivity contribution in [3.63, 3.8) is 0 Å². The molecular weight excluding hydrogens is 346 g/mol. The van der Waals surface area contributed by atoms with Gasteiger partial charge in [0.1, 0.15) is 5.60 Å². The molecule has 1 aliphatic heterocycles. The maximum absolute atomic E-state index is 11.9. The van der Waals surface area contributed by atoms with Gasteiger partial charge in [0, 0.05) is 6.61 Å². The number of hydrogen-bond donors (Lipinski definition) is 2. The van der Waals surface area contributed by atoms with Gasteiger partial charge in [0.05, 0.1) is 0 Å². The predicted molar refractivity (Wildman–Crippen MR) is 115 cm³/mol. The lowest BCUT2D eigenvalue weighted by atomic mass is 9.76. The summed E-state index contributed by atoms with van der Waals surface area (Å²) in [5.74, 6) is 0.515. The number of aliphatic hydroxyl groups excluding tert-OH is 1. The summed E-state index contributed by atoms with van der Waals surface area (Å²) in [5, 5.41) is 20.9. The maximum Gasteiger partial charge on any atom is 0.115 e. The molecule has 0 spiro atoms. The summed E-state index contributed by atoms with van der Waals surface area (Å²) < 4.78 is 0. The first-order chi connectivity index (χ1) is 13.5. The third kappa shape index (κ3) is 5.22. The van der Waals surface area contributed by atoms with Crippen LogP contribution < -0.4 is 0 Å². The van der Waals surface area contributed by atoms with Crippen LogP contribution in [0, 0.1) is 19.8 Å². The van der Waals surface area contributed by atoms with Crippen LogP contribution in [-0.4, -0.2) is 41.4 Å². The Morgan fingerprint density at radius 1 is 0.857 bits per heavy atom. The van der Waals surface area contributed by atoms with Crippen LogP contribution in [0.5, 0.6) is 0 Å². The van der Waals surface area contributed by atoms with Gasteiger partial charge in [-0.3, -0.25) is 0 Å². The average molecular weight is 382 g/mol. The number of nitrogens with zero attached hydrogens (tertiary/aromatic N) is 1. The smallest absolute Gasteiger partial charge is 0.115 e. The Kier molecular flexibility index (Phi) is 7.28. The lowest BCUT2D eigenvalue weighted by molar-refractivity contribution is 0.0366. The van der Waals surface area contributed by atoms with Crippen molar-refractivity contribution in [1.29, 1.82) is 0 Å². The molecule has 1 heterocycles. The summed E-state index contributed by atoms with van der Waals surface area (Å²) in [6, 6.07) is 16.7. The topological polar surface area (TPSA) is 43.7 Å². The molecule has 152 valence electrons. The molecule has 0 amide bonds. The minimum Gasteiger partial charge on any atom is -0.396 e. The van der Waals surface area contributed by atoms with Crippen molar-refractivity contribution in [2.24, 2.45) is 5.92 Å².